The molecular weight excluding hydrogens is 317 g/mol. The Morgan fingerprint density at radius 3 is 2.20 bits per heavy atom. The highest BCUT2D eigenvalue weighted by atomic mass is 32.2. The van der Waals surface area contributed by atoms with Crippen molar-refractivity contribution in [1.29, 1.82) is 0 Å². The third-order valence-corrected chi connectivity index (χ3v) is 5.25. The fraction of sp³-hybridized carbons (Fsp3) is 0.100. The van der Waals surface area contributed by atoms with Gasteiger partial charge in [0, 0.05) is 17.8 Å². The third kappa shape index (κ3) is 2.70. The molecule has 0 aliphatic carbocycles. The molecule has 10 heteroatoms. The lowest BCUT2D eigenvalue weighted by atomic mass is 10.3. The predicted octanol–water partition coefficient (Wildman–Crippen LogP) is 1.96. The first-order valence-electron chi connectivity index (χ1n) is 5.08. The number of hydrogen-bond donors (Lipinski definition) is 2. The average molecular weight is 324 g/mol. The van der Waals surface area contributed by atoms with Gasteiger partial charge in [-0.15, -0.1) is 0 Å². The molecule has 108 valence electrons. The number of hydrogen-bond acceptors (Lipinski definition) is 4. The molecule has 0 saturated heterocycles. The van der Waals surface area contributed by atoms with Crippen LogP contribution >= 0.6 is 11.3 Å². The number of benzene rings is 1. The lowest BCUT2D eigenvalue weighted by Gasteiger charge is -2.07. The molecule has 1 aromatic heterocycles. The summed E-state index contributed by atoms with van der Waals surface area (Å²) in [4.78, 5) is 12.7. The molecule has 1 heterocycles. The molecule has 20 heavy (non-hydrogen) atoms. The molecule has 0 unspecified atom stereocenters. The second kappa shape index (κ2) is 4.94. The zero-order valence-corrected chi connectivity index (χ0v) is 11.5. The summed E-state index contributed by atoms with van der Waals surface area (Å²) < 4.78 is 64.2. The number of nitrogens with one attached hydrogen (secondary N) is 2. The van der Waals surface area contributed by atoms with Gasteiger partial charge in [-0.25, -0.2) is 21.6 Å². The molecule has 0 aliphatic rings. The quantitative estimate of drug-likeness (QED) is 0.847. The number of thiazole rings is 1. The summed E-state index contributed by atoms with van der Waals surface area (Å²) >= 11 is 0.429. The standard InChI is InChI=1S/C10H7F3N2O3S2/c1-4-9(19-10(16)14-4)20(17,18)15-5-2-6(11)8(13)7(12)3-5/h2-3,15H,1H3,(H,14,16). The van der Waals surface area contributed by atoms with E-state index in [2.05, 4.69) is 4.98 Å². The smallest absolute Gasteiger partial charge is 0.306 e. The van der Waals surface area contributed by atoms with Crippen molar-refractivity contribution in [3.05, 3.63) is 44.9 Å². The van der Waals surface area contributed by atoms with Gasteiger partial charge in [0.2, 0.25) is 0 Å². The Morgan fingerprint density at radius 2 is 1.75 bits per heavy atom. The topological polar surface area (TPSA) is 79.0 Å². The maximum absolute atomic E-state index is 13.0. The molecule has 0 spiro atoms. The number of H-pyrrole nitrogens is 1. The highest BCUT2D eigenvalue weighted by molar-refractivity contribution is 7.94. The van der Waals surface area contributed by atoms with Gasteiger partial charge in [0.05, 0.1) is 5.69 Å². The summed E-state index contributed by atoms with van der Waals surface area (Å²) in [5.74, 6) is -4.75. The van der Waals surface area contributed by atoms with E-state index in [1.165, 1.54) is 6.92 Å². The van der Waals surface area contributed by atoms with Gasteiger partial charge in [0.1, 0.15) is 0 Å². The number of rotatable bonds is 3. The Bertz CT molecular complexity index is 804. The number of halogens is 3. The first-order valence-corrected chi connectivity index (χ1v) is 7.38. The largest absolute Gasteiger partial charge is 0.315 e. The molecule has 0 saturated carbocycles. The summed E-state index contributed by atoms with van der Waals surface area (Å²) in [6.07, 6.45) is 0. The van der Waals surface area contributed by atoms with E-state index in [4.69, 9.17) is 0 Å². The van der Waals surface area contributed by atoms with Crippen molar-refractivity contribution >= 4 is 27.0 Å². The molecule has 0 radical (unpaired) electrons. The van der Waals surface area contributed by atoms with E-state index >= 15 is 0 Å². The van der Waals surface area contributed by atoms with Crippen molar-refractivity contribution in [3.8, 4) is 0 Å². The van der Waals surface area contributed by atoms with Crippen molar-refractivity contribution in [2.45, 2.75) is 11.1 Å². The zero-order chi connectivity index (χ0) is 15.1. The molecule has 1 aromatic carbocycles. The van der Waals surface area contributed by atoms with Crippen LogP contribution in [0.1, 0.15) is 5.69 Å². The second-order valence-electron chi connectivity index (χ2n) is 3.79. The third-order valence-electron chi connectivity index (χ3n) is 2.26. The van der Waals surface area contributed by atoms with E-state index in [0.29, 0.717) is 23.5 Å². The van der Waals surface area contributed by atoms with Crippen LogP contribution in [0, 0.1) is 24.4 Å². The fourth-order valence-electron chi connectivity index (χ4n) is 1.46. The van der Waals surface area contributed by atoms with Gasteiger partial charge in [0.15, 0.2) is 21.7 Å². The predicted molar refractivity (Wildman–Crippen MR) is 66.8 cm³/mol. The SMILES string of the molecule is Cc1[nH]c(=O)sc1S(=O)(=O)Nc1cc(F)c(F)c(F)c1. The van der Waals surface area contributed by atoms with Gasteiger partial charge in [-0.1, -0.05) is 11.3 Å². The number of aromatic amines is 1. The number of aromatic nitrogens is 1. The maximum atomic E-state index is 13.0. The number of aryl methyl sites for hydroxylation is 1. The van der Waals surface area contributed by atoms with Crippen LogP contribution in [0.3, 0.4) is 0 Å². The average Bonchev–Trinajstić information content (AvgIpc) is 2.65. The van der Waals surface area contributed by atoms with Crippen LogP contribution in [0.15, 0.2) is 21.1 Å². The highest BCUT2D eigenvalue weighted by Gasteiger charge is 2.22. The summed E-state index contributed by atoms with van der Waals surface area (Å²) in [6.45, 7) is 1.36. The van der Waals surface area contributed by atoms with Gasteiger partial charge in [-0.2, -0.15) is 0 Å². The van der Waals surface area contributed by atoms with Crippen molar-refractivity contribution in [3.63, 3.8) is 0 Å². The Labute approximate surface area is 115 Å². The molecule has 2 N–H and O–H groups in total. The van der Waals surface area contributed by atoms with E-state index in [1.54, 1.807) is 0 Å². The van der Waals surface area contributed by atoms with Crippen LogP contribution in [0.2, 0.25) is 0 Å². The van der Waals surface area contributed by atoms with Gasteiger partial charge in [0.25, 0.3) is 10.0 Å². The molecule has 0 fully saturated rings. The summed E-state index contributed by atoms with van der Waals surface area (Å²) in [5, 5.41) is 0. The maximum Gasteiger partial charge on any atom is 0.306 e. The number of anilines is 1. The summed E-state index contributed by atoms with van der Waals surface area (Å²) in [6, 6.07) is 1.00. The van der Waals surface area contributed by atoms with Crippen molar-refractivity contribution < 1.29 is 21.6 Å². The van der Waals surface area contributed by atoms with E-state index in [0.717, 1.165) is 0 Å². The molecule has 0 aliphatic heterocycles. The van der Waals surface area contributed by atoms with Crippen LogP contribution in [-0.4, -0.2) is 13.4 Å². The lowest BCUT2D eigenvalue weighted by Crippen LogP contribution is -2.13. The van der Waals surface area contributed by atoms with Gasteiger partial charge >= 0.3 is 4.87 Å². The zero-order valence-electron chi connectivity index (χ0n) is 9.83. The molecule has 2 aromatic rings. The molecular formula is C10H7F3N2O3S2. The Morgan fingerprint density at radius 1 is 1.20 bits per heavy atom. The monoisotopic (exact) mass is 324 g/mol. The first-order chi connectivity index (χ1) is 9.20. The van der Waals surface area contributed by atoms with Crippen LogP contribution in [0.5, 0.6) is 0 Å². The number of sulfonamides is 1. The minimum Gasteiger partial charge on any atom is -0.315 e. The second-order valence-corrected chi connectivity index (χ2v) is 6.65. The fourth-order valence-corrected chi connectivity index (χ4v) is 3.81. The van der Waals surface area contributed by atoms with E-state index in [9.17, 15) is 26.4 Å². The van der Waals surface area contributed by atoms with Gasteiger partial charge in [-0.05, 0) is 6.92 Å². The minimum atomic E-state index is -4.19. The Balaban J connectivity index is 2.43. The highest BCUT2D eigenvalue weighted by Crippen LogP contribution is 2.23. The van der Waals surface area contributed by atoms with Crippen LogP contribution < -0.4 is 9.60 Å². The van der Waals surface area contributed by atoms with Crippen molar-refractivity contribution in [2.24, 2.45) is 0 Å². The van der Waals surface area contributed by atoms with E-state index in [-0.39, 0.29) is 9.90 Å². The van der Waals surface area contributed by atoms with Crippen molar-refractivity contribution in [2.75, 3.05) is 4.72 Å². The van der Waals surface area contributed by atoms with Crippen molar-refractivity contribution in [1.82, 2.24) is 4.98 Å². The molecule has 5 nitrogen and oxygen atoms in total. The van der Waals surface area contributed by atoms with E-state index < -0.39 is 38.0 Å². The van der Waals surface area contributed by atoms with Gasteiger partial charge in [-0.3, -0.25) is 9.52 Å². The summed E-state index contributed by atoms with van der Waals surface area (Å²) in [5.41, 5.74) is -0.391. The lowest BCUT2D eigenvalue weighted by molar-refractivity contribution is 0.448. The Kier molecular flexibility index (Phi) is 3.61. The molecule has 2 rings (SSSR count). The van der Waals surface area contributed by atoms with Crippen LogP contribution in [0.4, 0.5) is 18.9 Å². The minimum absolute atomic E-state index is 0.0931. The first kappa shape index (κ1) is 14.6. The van der Waals surface area contributed by atoms with Gasteiger partial charge < -0.3 is 4.98 Å². The van der Waals surface area contributed by atoms with E-state index in [1.807, 2.05) is 4.72 Å². The summed E-state index contributed by atoms with van der Waals surface area (Å²) in [7, 11) is -4.19. The Hall–Kier alpha value is -1.81. The normalized spacial score (nSPS) is 11.6. The van der Waals surface area contributed by atoms with Crippen LogP contribution in [0.25, 0.3) is 0 Å². The molecule has 0 amide bonds. The van der Waals surface area contributed by atoms with Crippen LogP contribution in [-0.2, 0) is 10.0 Å². The molecule has 0 bridgehead atoms. The molecule has 0 atom stereocenters.